The first-order valence-corrected chi connectivity index (χ1v) is 8.65. The first-order valence-electron chi connectivity index (χ1n) is 7.71. The molecule has 0 radical (unpaired) electrons. The normalized spacial score (nSPS) is 27.0. The summed E-state index contributed by atoms with van der Waals surface area (Å²) in [5.74, 6) is -2.44. The van der Waals surface area contributed by atoms with E-state index in [0.29, 0.717) is 6.29 Å². The van der Waals surface area contributed by atoms with E-state index < -0.39 is 34.9 Å². The fourth-order valence-corrected chi connectivity index (χ4v) is 4.32. The molecule has 2 amide bonds. The van der Waals surface area contributed by atoms with Crippen LogP contribution in [0.15, 0.2) is 41.3 Å². The minimum absolute atomic E-state index is 0.0209. The van der Waals surface area contributed by atoms with Crippen molar-refractivity contribution in [1.82, 2.24) is 10.2 Å². The van der Waals surface area contributed by atoms with Crippen LogP contribution in [0, 0.1) is 0 Å². The number of ether oxygens (including phenoxy) is 1. The van der Waals surface area contributed by atoms with Crippen molar-refractivity contribution in [1.29, 1.82) is 0 Å². The maximum Gasteiger partial charge on any atom is 0.331 e. The van der Waals surface area contributed by atoms with Crippen LogP contribution in [0.3, 0.4) is 0 Å². The number of amides is 2. The van der Waals surface area contributed by atoms with E-state index in [9.17, 15) is 24.3 Å². The zero-order valence-corrected chi connectivity index (χ0v) is 14.6. The molecule has 3 rings (SSSR count). The third kappa shape index (κ3) is 2.78. The van der Waals surface area contributed by atoms with Gasteiger partial charge in [0.15, 0.2) is 6.04 Å². The van der Waals surface area contributed by atoms with Crippen LogP contribution in [0.5, 0.6) is 0 Å². The number of aldehydes is 1. The third-order valence-corrected chi connectivity index (χ3v) is 5.53. The van der Waals surface area contributed by atoms with Crippen LogP contribution >= 0.6 is 11.8 Å². The summed E-state index contributed by atoms with van der Waals surface area (Å²) in [7, 11) is 1.27. The number of carboxylic acid groups (broad SMARTS) is 1. The van der Waals surface area contributed by atoms with Crippen LogP contribution in [0.1, 0.15) is 5.56 Å². The molecule has 2 unspecified atom stereocenters. The van der Waals surface area contributed by atoms with E-state index in [1.807, 2.05) is 6.07 Å². The van der Waals surface area contributed by atoms with E-state index in [1.54, 1.807) is 24.3 Å². The Morgan fingerprint density at radius 2 is 2.08 bits per heavy atom. The largest absolute Gasteiger partial charge is 0.479 e. The average molecular weight is 376 g/mol. The van der Waals surface area contributed by atoms with Gasteiger partial charge in [0.05, 0.1) is 6.42 Å². The van der Waals surface area contributed by atoms with Gasteiger partial charge in [0, 0.05) is 12.7 Å². The number of hydrogen-bond donors (Lipinski definition) is 2. The second-order valence-electron chi connectivity index (χ2n) is 5.83. The van der Waals surface area contributed by atoms with Gasteiger partial charge < -0.3 is 20.1 Å². The first kappa shape index (κ1) is 18.2. The number of fused-ring (bicyclic) bond motifs is 1. The molecule has 3 atom stereocenters. The molecule has 1 fully saturated rings. The number of β-lactam (4-membered cyclic amide) rings is 1. The Bertz CT molecular complexity index is 796. The minimum Gasteiger partial charge on any atom is -0.479 e. The quantitative estimate of drug-likeness (QED) is 0.412. The molecule has 0 spiro atoms. The molecular formula is C17H16N2O6S. The van der Waals surface area contributed by atoms with Crippen molar-refractivity contribution < 1.29 is 29.0 Å². The highest BCUT2D eigenvalue weighted by molar-refractivity contribution is 8.03. The van der Waals surface area contributed by atoms with Crippen molar-refractivity contribution in [3.63, 3.8) is 0 Å². The second kappa shape index (κ2) is 6.93. The number of methoxy groups -OCH3 is 1. The van der Waals surface area contributed by atoms with E-state index in [-0.39, 0.29) is 12.0 Å². The van der Waals surface area contributed by atoms with E-state index >= 15 is 0 Å². The van der Waals surface area contributed by atoms with Crippen molar-refractivity contribution >= 4 is 35.8 Å². The molecule has 0 bridgehead atoms. The molecule has 2 aliphatic heterocycles. The number of aliphatic carboxylic acids is 1. The molecule has 1 aromatic carbocycles. The van der Waals surface area contributed by atoms with Gasteiger partial charge >= 0.3 is 5.97 Å². The van der Waals surface area contributed by atoms with Gasteiger partial charge in [-0.05, 0) is 11.0 Å². The lowest BCUT2D eigenvalue weighted by molar-refractivity contribution is -0.201. The molecule has 0 aliphatic carbocycles. The summed E-state index contributed by atoms with van der Waals surface area (Å²) in [5.41, 5.74) is -0.912. The van der Waals surface area contributed by atoms with Crippen LogP contribution in [-0.2, 0) is 30.3 Å². The molecule has 9 heteroatoms. The number of benzene rings is 1. The smallest absolute Gasteiger partial charge is 0.331 e. The van der Waals surface area contributed by atoms with Crippen LogP contribution in [0.25, 0.3) is 0 Å². The summed E-state index contributed by atoms with van der Waals surface area (Å²) in [4.78, 5) is 48.7. The summed E-state index contributed by atoms with van der Waals surface area (Å²) in [5, 5.41) is 12.6. The monoisotopic (exact) mass is 376 g/mol. The summed E-state index contributed by atoms with van der Waals surface area (Å²) in [6.45, 7) is 0. The maximum atomic E-state index is 12.7. The summed E-state index contributed by atoms with van der Waals surface area (Å²) >= 11 is 1.06. The number of carbonyl (C=O) groups excluding carboxylic acids is 3. The molecule has 0 aromatic heterocycles. The number of nitrogens with one attached hydrogen (secondary N) is 1. The molecule has 8 nitrogen and oxygen atoms in total. The van der Waals surface area contributed by atoms with Crippen LogP contribution in [0.4, 0.5) is 0 Å². The SMILES string of the molecule is COC1(NC(=O)Cc2ccccc2)C(=O)N2C(C(=O)O)C(C=O)=CS[C@@H]21. The van der Waals surface area contributed by atoms with Gasteiger partial charge in [-0.25, -0.2) is 4.79 Å². The Labute approximate surface area is 153 Å². The Kier molecular flexibility index (Phi) is 4.84. The van der Waals surface area contributed by atoms with Gasteiger partial charge in [-0.3, -0.25) is 14.4 Å². The molecule has 1 saturated heterocycles. The van der Waals surface area contributed by atoms with Gasteiger partial charge in [-0.15, -0.1) is 11.8 Å². The zero-order valence-electron chi connectivity index (χ0n) is 13.7. The Hall–Kier alpha value is -2.65. The second-order valence-corrected chi connectivity index (χ2v) is 6.78. The third-order valence-electron chi connectivity index (χ3n) is 4.30. The highest BCUT2D eigenvalue weighted by Gasteiger charge is 2.67. The highest BCUT2D eigenvalue weighted by Crippen LogP contribution is 2.45. The molecular weight excluding hydrogens is 360 g/mol. The standard InChI is InChI=1S/C17H16N2O6S/c1-25-17(18-12(21)7-10-5-3-2-4-6-10)15(24)19-13(14(22)23)11(8-20)9-26-16(17)19/h2-6,8-9,13,16H,7H2,1H3,(H,18,21)(H,22,23)/t13?,16-,17?/m1/s1. The summed E-state index contributed by atoms with van der Waals surface area (Å²) in [6.07, 6.45) is 0.463. The maximum absolute atomic E-state index is 12.7. The van der Waals surface area contributed by atoms with E-state index in [0.717, 1.165) is 22.2 Å². The molecule has 2 aliphatic rings. The van der Waals surface area contributed by atoms with Gasteiger partial charge in [0.1, 0.15) is 11.7 Å². The molecule has 2 heterocycles. The van der Waals surface area contributed by atoms with Crippen molar-refractivity contribution in [2.75, 3.05) is 7.11 Å². The van der Waals surface area contributed by atoms with Crippen molar-refractivity contribution in [3.05, 3.63) is 46.9 Å². The molecule has 26 heavy (non-hydrogen) atoms. The number of rotatable bonds is 6. The lowest BCUT2D eigenvalue weighted by atomic mass is 9.94. The Morgan fingerprint density at radius 3 is 2.65 bits per heavy atom. The summed E-state index contributed by atoms with van der Waals surface area (Å²) in [6, 6.07) is 7.59. The predicted molar refractivity (Wildman–Crippen MR) is 91.8 cm³/mol. The van der Waals surface area contributed by atoms with E-state index in [2.05, 4.69) is 5.32 Å². The predicted octanol–water partition coefficient (Wildman–Crippen LogP) is 0.139. The number of hydrogen-bond acceptors (Lipinski definition) is 6. The van der Waals surface area contributed by atoms with E-state index in [1.165, 1.54) is 12.5 Å². The van der Waals surface area contributed by atoms with Gasteiger partial charge in [0.2, 0.25) is 5.91 Å². The van der Waals surface area contributed by atoms with Crippen molar-refractivity contribution in [2.24, 2.45) is 0 Å². The molecule has 0 saturated carbocycles. The van der Waals surface area contributed by atoms with Gasteiger partial charge in [0.25, 0.3) is 11.6 Å². The Morgan fingerprint density at radius 1 is 1.38 bits per heavy atom. The highest BCUT2D eigenvalue weighted by atomic mass is 32.2. The first-order chi connectivity index (χ1) is 12.4. The number of nitrogens with zero attached hydrogens (tertiary/aromatic N) is 1. The average Bonchev–Trinajstić information content (AvgIpc) is 2.65. The fraction of sp³-hybridized carbons (Fsp3) is 0.294. The van der Waals surface area contributed by atoms with Gasteiger partial charge in [-0.1, -0.05) is 30.3 Å². The topological polar surface area (TPSA) is 113 Å². The Balaban J connectivity index is 1.81. The lowest BCUT2D eigenvalue weighted by Crippen LogP contribution is -2.83. The van der Waals surface area contributed by atoms with Crippen molar-refractivity contribution in [3.8, 4) is 0 Å². The van der Waals surface area contributed by atoms with Crippen LogP contribution in [-0.4, -0.2) is 58.3 Å². The zero-order chi connectivity index (χ0) is 18.9. The van der Waals surface area contributed by atoms with Gasteiger partial charge in [-0.2, -0.15) is 0 Å². The van der Waals surface area contributed by atoms with E-state index in [4.69, 9.17) is 4.74 Å². The van der Waals surface area contributed by atoms with Crippen LogP contribution in [0.2, 0.25) is 0 Å². The lowest BCUT2D eigenvalue weighted by Gasteiger charge is -2.56. The number of carboxylic acids is 1. The van der Waals surface area contributed by atoms with Crippen molar-refractivity contribution in [2.45, 2.75) is 23.6 Å². The molecule has 136 valence electrons. The van der Waals surface area contributed by atoms with Crippen LogP contribution < -0.4 is 5.32 Å². The summed E-state index contributed by atoms with van der Waals surface area (Å²) < 4.78 is 5.31. The molecule has 1 aromatic rings. The number of thioether (sulfide) groups is 1. The number of carbonyl (C=O) groups is 4. The molecule has 2 N–H and O–H groups in total. The minimum atomic E-state index is -1.66. The fourth-order valence-electron chi connectivity index (χ4n) is 3.06.